The Bertz CT molecular complexity index is 1880. The Morgan fingerprint density at radius 1 is 0.692 bits per heavy atom. The van der Waals surface area contributed by atoms with Crippen molar-refractivity contribution in [2.45, 2.75) is 26.1 Å². The number of rotatable bonds is 7. The molecular weight excluding hydrogens is 721 g/mol. The number of ether oxygens (including phenoxy) is 2. The minimum absolute atomic E-state index is 0. The molecule has 1 unspecified atom stereocenters. The molecule has 6 aromatic rings. The van der Waals surface area contributed by atoms with E-state index in [2.05, 4.69) is 29.9 Å². The quantitative estimate of drug-likeness (QED) is 0.0605. The molecule has 15 heteroatoms. The number of ketones is 2. The Kier molecular flexibility index (Phi) is 21.7. The Morgan fingerprint density at radius 3 is 1.33 bits per heavy atom. The van der Waals surface area contributed by atoms with Crippen molar-refractivity contribution in [3.05, 3.63) is 150 Å². The first-order chi connectivity index (χ1) is 25.0. The molecule has 266 valence electrons. The van der Waals surface area contributed by atoms with Crippen LogP contribution in [-0.2, 0) is 0 Å². The van der Waals surface area contributed by atoms with Crippen LogP contribution in [0, 0.1) is 0 Å². The Hall–Kier alpha value is -4.85. The van der Waals surface area contributed by atoms with E-state index in [0.717, 1.165) is 5.56 Å². The standard InChI is InChI=1S/C12H11ClN2O.C12H10N2O2.C8H8O2.C4H3ClN2.CH3F.Na.H/c1-9(13)10-3-5-11(6-4-10)16-12-14-7-2-8-15-12;1-9(15)10-3-5-11(6-4-10)16-12-13-7-2-8-14-12;1-6(9)7-2-4-8(10)5-3-7;5-4-6-2-1-3-7-4;1-2;;/h2-9H,1H3;2-8H,1H3;2-5,10H,1H3;1-3H;1H3;;/q;;;;;+1;-1/p+1/i;;;;1D;;. The third-order valence-electron chi connectivity index (χ3n) is 5.93. The van der Waals surface area contributed by atoms with Gasteiger partial charge in [-0.25, -0.2) is 29.9 Å². The Morgan fingerprint density at radius 2 is 1.02 bits per heavy atom. The molecule has 0 saturated carbocycles. The predicted octanol–water partition coefficient (Wildman–Crippen LogP) is 6.20. The molecule has 0 aliphatic carbocycles. The maximum atomic E-state index is 11.0. The fourth-order valence-electron chi connectivity index (χ4n) is 3.43. The van der Waals surface area contributed by atoms with Crippen LogP contribution in [0.15, 0.2) is 128 Å². The van der Waals surface area contributed by atoms with Crippen LogP contribution < -0.4 is 39.0 Å². The second kappa shape index (κ2) is 26.0. The van der Waals surface area contributed by atoms with Gasteiger partial charge in [0.1, 0.15) is 11.5 Å². The average molecular weight is 760 g/mol. The third kappa shape index (κ3) is 18.4. The van der Waals surface area contributed by atoms with Crippen molar-refractivity contribution in [1.29, 1.82) is 0 Å². The van der Waals surface area contributed by atoms with Gasteiger partial charge in [0, 0.05) is 60.4 Å². The molecular formula is C37H37Cl2FN6NaO5+. The smallest absolute Gasteiger partial charge is 1.00 e. The van der Waals surface area contributed by atoms with Gasteiger partial charge < -0.3 is 16.0 Å². The topological polar surface area (TPSA) is 153 Å². The van der Waals surface area contributed by atoms with E-state index < -0.39 is 7.15 Å². The van der Waals surface area contributed by atoms with Crippen LogP contribution in [0.4, 0.5) is 4.39 Å². The number of carbonyl (C=O) groups is 2. The second-order valence-corrected chi connectivity index (χ2v) is 10.7. The number of alkyl halides is 2. The predicted molar refractivity (Wildman–Crippen MR) is 196 cm³/mol. The van der Waals surface area contributed by atoms with Crippen molar-refractivity contribution in [2.24, 2.45) is 0 Å². The fraction of sp³-hybridized carbons (Fsp3) is 0.135. The summed E-state index contributed by atoms with van der Waals surface area (Å²) in [5, 5.41) is 7.42. The molecule has 3 aromatic carbocycles. The van der Waals surface area contributed by atoms with Crippen molar-refractivity contribution in [3.63, 3.8) is 0 Å². The fourth-order valence-corrected chi connectivity index (χ4v) is 3.69. The first kappa shape index (κ1) is 43.3. The molecule has 52 heavy (non-hydrogen) atoms. The molecule has 11 nitrogen and oxygen atoms in total. The van der Waals surface area contributed by atoms with Gasteiger partial charge in [0.2, 0.25) is 5.28 Å². The molecule has 1 atom stereocenters. The molecule has 0 saturated heterocycles. The van der Waals surface area contributed by atoms with Crippen molar-refractivity contribution in [1.82, 2.24) is 29.9 Å². The number of nitrogens with zero attached hydrogens (tertiary/aromatic N) is 6. The summed E-state index contributed by atoms with van der Waals surface area (Å²) < 4.78 is 26.3. The molecule has 0 bridgehead atoms. The minimum atomic E-state index is -1.00. The second-order valence-electron chi connectivity index (χ2n) is 9.68. The first-order valence-electron chi connectivity index (χ1n) is 15.6. The van der Waals surface area contributed by atoms with Crippen LogP contribution in [0.1, 0.15) is 55.2 Å². The van der Waals surface area contributed by atoms with Gasteiger partial charge in [-0.3, -0.25) is 14.0 Å². The molecule has 6 rings (SSSR count). The van der Waals surface area contributed by atoms with Gasteiger partial charge in [-0.1, -0.05) is 12.1 Å². The van der Waals surface area contributed by atoms with E-state index in [9.17, 15) is 14.0 Å². The van der Waals surface area contributed by atoms with Crippen LogP contribution in [-0.4, -0.2) is 53.7 Å². The molecule has 3 heterocycles. The number of halogens is 3. The Balaban J connectivity index is 0.000000694. The van der Waals surface area contributed by atoms with Gasteiger partial charge >= 0.3 is 41.6 Å². The zero-order chi connectivity index (χ0) is 38.1. The summed E-state index contributed by atoms with van der Waals surface area (Å²) in [5.41, 5.74) is 2.38. The molecule has 0 aliphatic rings. The Labute approximate surface area is 336 Å². The summed E-state index contributed by atoms with van der Waals surface area (Å²) in [4.78, 5) is 44.8. The van der Waals surface area contributed by atoms with Gasteiger partial charge in [-0.2, -0.15) is 0 Å². The van der Waals surface area contributed by atoms with Gasteiger partial charge in [0.15, 0.2) is 11.6 Å². The van der Waals surface area contributed by atoms with Crippen molar-refractivity contribution in [3.8, 4) is 29.3 Å². The third-order valence-corrected chi connectivity index (χ3v) is 6.38. The number of hydrogen-bond acceptors (Lipinski definition) is 10. The number of benzene rings is 3. The van der Waals surface area contributed by atoms with E-state index in [1.807, 2.05) is 31.2 Å². The summed E-state index contributed by atoms with van der Waals surface area (Å²) in [7, 11) is -1.00. The maximum absolute atomic E-state index is 11.0. The zero-order valence-corrected chi connectivity index (χ0v) is 32.4. The number of hydrogen-bond donors (Lipinski definition) is 0. The van der Waals surface area contributed by atoms with E-state index in [0.29, 0.717) is 39.7 Å². The van der Waals surface area contributed by atoms with Crippen molar-refractivity contribution >= 4 is 34.8 Å². The monoisotopic (exact) mass is 758 g/mol. The minimum Gasteiger partial charge on any atom is -1.00 e. The van der Waals surface area contributed by atoms with Gasteiger partial charge in [0.25, 0.3) is 5.75 Å². The summed E-state index contributed by atoms with van der Waals surface area (Å²) >= 11 is 11.3. The molecule has 0 radical (unpaired) electrons. The SMILES string of the molecule is CC(=O)c1ccc(Oc2ncccn2)cc1.CC(=O)c1ccc([OH2+])cc1.CC(Cl)c1ccc(Oc2ncccn2)cc1.Clc1ncccn1.[2H]CF.[H-].[Na+]. The molecule has 0 spiro atoms. The van der Waals surface area contributed by atoms with Crippen LogP contribution in [0.5, 0.6) is 29.3 Å². The molecule has 3 aromatic heterocycles. The number of Topliss-reactive ketones (excluding diaryl/α,β-unsaturated/α-hetero) is 2. The van der Waals surface area contributed by atoms with E-state index in [-0.39, 0.29) is 53.9 Å². The van der Waals surface area contributed by atoms with E-state index in [1.165, 1.54) is 13.8 Å². The van der Waals surface area contributed by atoms with Gasteiger partial charge in [-0.05, 0) is 105 Å². The molecule has 2 N–H and O–H groups in total. The van der Waals surface area contributed by atoms with Crippen LogP contribution >= 0.6 is 23.2 Å². The normalized spacial score (nSPS) is 10.1. The van der Waals surface area contributed by atoms with E-state index >= 15 is 0 Å². The number of carbonyl (C=O) groups excluding carboxylic acids is 2. The summed E-state index contributed by atoms with van der Waals surface area (Å²) in [6, 6.07) is 26.7. The maximum Gasteiger partial charge on any atom is 1.00 e. The van der Waals surface area contributed by atoms with Crippen LogP contribution in [0.25, 0.3) is 0 Å². The van der Waals surface area contributed by atoms with Crippen molar-refractivity contribution in [2.75, 3.05) is 7.15 Å². The van der Waals surface area contributed by atoms with E-state index in [4.69, 9.17) is 39.2 Å². The van der Waals surface area contributed by atoms with E-state index in [1.54, 1.807) is 104 Å². The molecule has 0 amide bonds. The molecule has 0 fully saturated rings. The largest absolute Gasteiger partial charge is 1.00 e. The summed E-state index contributed by atoms with van der Waals surface area (Å²) in [5.74, 6) is 1.82. The summed E-state index contributed by atoms with van der Waals surface area (Å²) in [6.07, 6.45) is 9.66. The number of aromatic nitrogens is 6. The van der Waals surface area contributed by atoms with Gasteiger partial charge in [0.05, 0.1) is 13.9 Å². The van der Waals surface area contributed by atoms with Crippen molar-refractivity contribution < 1.29 is 60.9 Å². The first-order valence-corrected chi connectivity index (χ1v) is 15.7. The van der Waals surface area contributed by atoms with Gasteiger partial charge in [-0.15, -0.1) is 11.6 Å². The molecule has 0 aliphatic heterocycles. The van der Waals surface area contributed by atoms with Crippen LogP contribution in [0.3, 0.4) is 0 Å². The zero-order valence-electron chi connectivity index (χ0n) is 30.9. The van der Waals surface area contributed by atoms with Crippen LogP contribution in [0.2, 0.25) is 5.28 Å². The average Bonchev–Trinajstić information content (AvgIpc) is 3.15. The summed E-state index contributed by atoms with van der Waals surface area (Å²) in [6.45, 7) is 4.97.